The zero-order chi connectivity index (χ0) is 26.1. The monoisotopic (exact) mass is 656 g/mol. The topological polar surface area (TPSA) is 98.7 Å². The molecular formula is C24H18Br2ClF3N6O. The molecule has 37 heavy (non-hydrogen) atoms. The number of carbonyl (C=O) groups excluding carboxylic acids is 1. The number of aldehydes is 1. The number of benzene rings is 2. The molecule has 0 bridgehead atoms. The summed E-state index contributed by atoms with van der Waals surface area (Å²) in [7, 11) is 0. The molecule has 0 fully saturated rings. The van der Waals surface area contributed by atoms with Crippen LogP contribution < -0.4 is 11.3 Å². The molecule has 13 heteroatoms. The number of aromatic nitrogens is 4. The quantitative estimate of drug-likeness (QED) is 0.0975. The van der Waals surface area contributed by atoms with Crippen molar-refractivity contribution in [3.05, 3.63) is 111 Å². The van der Waals surface area contributed by atoms with Crippen LogP contribution in [-0.2, 0) is 0 Å². The first-order valence-corrected chi connectivity index (χ1v) is 11.6. The van der Waals surface area contributed by atoms with Gasteiger partial charge in [-0.3, -0.25) is 10.6 Å². The van der Waals surface area contributed by atoms with Crippen LogP contribution in [0, 0.1) is 17.5 Å². The van der Waals surface area contributed by atoms with Crippen molar-refractivity contribution in [3.8, 4) is 5.69 Å². The Hall–Kier alpha value is -3.32. The van der Waals surface area contributed by atoms with E-state index in [1.165, 1.54) is 30.3 Å². The molecule has 3 heterocycles. The molecule has 0 saturated heterocycles. The van der Waals surface area contributed by atoms with E-state index in [1.807, 2.05) is 6.07 Å². The van der Waals surface area contributed by atoms with Gasteiger partial charge in [0.05, 0.1) is 35.4 Å². The van der Waals surface area contributed by atoms with E-state index in [9.17, 15) is 18.0 Å². The van der Waals surface area contributed by atoms with Crippen LogP contribution in [0.3, 0.4) is 0 Å². The minimum atomic E-state index is -0.599. The Morgan fingerprint density at radius 3 is 1.97 bits per heavy atom. The van der Waals surface area contributed by atoms with Gasteiger partial charge in [-0.15, -0.1) is 12.4 Å². The summed E-state index contributed by atoms with van der Waals surface area (Å²) < 4.78 is 40.4. The third kappa shape index (κ3) is 8.64. The van der Waals surface area contributed by atoms with Gasteiger partial charge in [0.15, 0.2) is 12.1 Å². The number of nitrogens with zero attached hydrogens (tertiary/aromatic N) is 4. The smallest absolute Gasteiger partial charge is 0.153 e. The summed E-state index contributed by atoms with van der Waals surface area (Å²) in [5.74, 6) is 3.91. The molecule has 5 aromatic rings. The second kappa shape index (κ2) is 14.4. The number of hydrazine groups is 1. The maximum atomic E-state index is 12.8. The standard InChI is InChI=1S/C12H7BrFN3.C6H3BrFNO.C6H7FN2.ClH/c13-12-5-8-6-16-17(11(8)7-15-12)10-3-1-9(14)2-4-10;7-6-1-4(3-10)5(8)2-9-6;7-5-1-3-6(9-8)4-2-5;/h1-7H;1-3H;1-4,9H,8H2;1H. The van der Waals surface area contributed by atoms with Gasteiger partial charge in [0, 0.05) is 11.1 Å². The summed E-state index contributed by atoms with van der Waals surface area (Å²) >= 11 is 6.31. The lowest BCUT2D eigenvalue weighted by atomic mass is 10.3. The van der Waals surface area contributed by atoms with Crippen LogP contribution in [0.1, 0.15) is 10.4 Å². The van der Waals surface area contributed by atoms with Crippen LogP contribution in [0.15, 0.2) is 88.5 Å². The number of hydrogen-bond donors (Lipinski definition) is 2. The molecule has 192 valence electrons. The third-order valence-corrected chi connectivity index (χ3v) is 5.35. The molecule has 0 saturated carbocycles. The largest absolute Gasteiger partial charge is 0.324 e. The molecule has 5 rings (SSSR count). The van der Waals surface area contributed by atoms with E-state index in [2.05, 4.69) is 52.4 Å². The molecular weight excluding hydrogens is 641 g/mol. The number of fused-ring (bicyclic) bond motifs is 1. The summed E-state index contributed by atoms with van der Waals surface area (Å²) in [6.07, 6.45) is 4.93. The van der Waals surface area contributed by atoms with E-state index in [0.717, 1.165) is 27.4 Å². The van der Waals surface area contributed by atoms with Crippen molar-refractivity contribution >= 4 is 67.1 Å². The summed E-state index contributed by atoms with van der Waals surface area (Å²) in [5.41, 5.74) is 4.81. The van der Waals surface area contributed by atoms with E-state index in [1.54, 1.807) is 41.3 Å². The highest BCUT2D eigenvalue weighted by Gasteiger charge is 2.06. The Morgan fingerprint density at radius 1 is 0.838 bits per heavy atom. The maximum Gasteiger partial charge on any atom is 0.153 e. The summed E-state index contributed by atoms with van der Waals surface area (Å²) in [6, 6.07) is 15.2. The Labute approximate surface area is 232 Å². The summed E-state index contributed by atoms with van der Waals surface area (Å²) in [5, 5.41) is 5.25. The van der Waals surface area contributed by atoms with Crippen LogP contribution in [0.4, 0.5) is 18.9 Å². The number of rotatable bonds is 3. The molecule has 3 N–H and O–H groups in total. The lowest BCUT2D eigenvalue weighted by molar-refractivity contribution is 0.111. The fourth-order valence-electron chi connectivity index (χ4n) is 2.75. The lowest BCUT2D eigenvalue weighted by Crippen LogP contribution is -2.05. The number of anilines is 1. The number of hydrogen-bond acceptors (Lipinski definition) is 6. The second-order valence-electron chi connectivity index (χ2n) is 6.90. The highest BCUT2D eigenvalue weighted by molar-refractivity contribution is 9.10. The van der Waals surface area contributed by atoms with Gasteiger partial charge in [-0.1, -0.05) is 0 Å². The second-order valence-corrected chi connectivity index (χ2v) is 8.52. The van der Waals surface area contributed by atoms with Crippen LogP contribution >= 0.6 is 44.3 Å². The Bertz CT molecular complexity index is 1450. The van der Waals surface area contributed by atoms with E-state index in [0.29, 0.717) is 16.6 Å². The first-order chi connectivity index (χ1) is 17.3. The van der Waals surface area contributed by atoms with Gasteiger partial charge in [0.1, 0.15) is 20.8 Å². The highest BCUT2D eigenvalue weighted by Crippen LogP contribution is 2.20. The lowest BCUT2D eigenvalue weighted by Gasteiger charge is -2.02. The normalized spacial score (nSPS) is 9.78. The first-order valence-electron chi connectivity index (χ1n) is 10.0. The molecule has 0 atom stereocenters. The SMILES string of the molecule is Cl.Fc1ccc(-n2ncc3cc(Br)ncc32)cc1.NNc1ccc(F)cc1.O=Cc1cc(Br)ncc1F. The first kappa shape index (κ1) is 29.9. The summed E-state index contributed by atoms with van der Waals surface area (Å²) in [4.78, 5) is 17.8. The van der Waals surface area contributed by atoms with Gasteiger partial charge in [-0.05, 0) is 92.5 Å². The van der Waals surface area contributed by atoms with Crippen molar-refractivity contribution in [2.75, 3.05) is 5.43 Å². The molecule has 3 aromatic heterocycles. The van der Waals surface area contributed by atoms with Crippen molar-refractivity contribution in [2.45, 2.75) is 0 Å². The minimum absolute atomic E-state index is 0. The fourth-order valence-corrected chi connectivity index (χ4v) is 3.45. The van der Waals surface area contributed by atoms with Crippen molar-refractivity contribution in [1.29, 1.82) is 0 Å². The molecule has 0 radical (unpaired) electrons. The Morgan fingerprint density at radius 2 is 1.41 bits per heavy atom. The van der Waals surface area contributed by atoms with Crippen molar-refractivity contribution < 1.29 is 18.0 Å². The van der Waals surface area contributed by atoms with E-state index >= 15 is 0 Å². The predicted molar refractivity (Wildman–Crippen MR) is 145 cm³/mol. The van der Waals surface area contributed by atoms with E-state index < -0.39 is 5.82 Å². The molecule has 0 aliphatic carbocycles. The number of carbonyl (C=O) groups is 1. The molecule has 0 aliphatic heterocycles. The number of halogens is 6. The Kier molecular flexibility index (Phi) is 11.7. The third-order valence-electron chi connectivity index (χ3n) is 4.48. The average Bonchev–Trinajstić information content (AvgIpc) is 3.30. The number of pyridine rings is 2. The Balaban J connectivity index is 0.000000208. The predicted octanol–water partition coefficient (Wildman–Crippen LogP) is 6.65. The van der Waals surface area contributed by atoms with Gasteiger partial charge < -0.3 is 5.43 Å². The van der Waals surface area contributed by atoms with Crippen molar-refractivity contribution in [2.24, 2.45) is 5.84 Å². The van der Waals surface area contributed by atoms with Gasteiger partial charge >= 0.3 is 0 Å². The molecule has 0 spiro atoms. The molecule has 0 amide bonds. The van der Waals surface area contributed by atoms with Gasteiger partial charge in [-0.25, -0.2) is 27.8 Å². The average molecular weight is 659 g/mol. The van der Waals surface area contributed by atoms with E-state index in [4.69, 9.17) is 5.84 Å². The molecule has 0 aliphatic rings. The number of nitrogen functional groups attached to an aromatic ring is 1. The van der Waals surface area contributed by atoms with Crippen LogP contribution in [0.2, 0.25) is 0 Å². The highest BCUT2D eigenvalue weighted by atomic mass is 79.9. The summed E-state index contributed by atoms with van der Waals surface area (Å²) in [6.45, 7) is 0. The van der Waals surface area contributed by atoms with Crippen LogP contribution in [-0.4, -0.2) is 26.0 Å². The molecule has 2 aromatic carbocycles. The maximum absolute atomic E-state index is 12.8. The number of nitrogens with two attached hydrogens (primary N) is 1. The fraction of sp³-hybridized carbons (Fsp3) is 0. The zero-order valence-electron chi connectivity index (χ0n) is 18.7. The van der Waals surface area contributed by atoms with Crippen molar-refractivity contribution in [3.63, 3.8) is 0 Å². The zero-order valence-corrected chi connectivity index (χ0v) is 22.6. The van der Waals surface area contributed by atoms with Gasteiger partial charge in [0.2, 0.25) is 0 Å². The van der Waals surface area contributed by atoms with Gasteiger partial charge in [-0.2, -0.15) is 5.10 Å². The number of nitrogens with one attached hydrogen (secondary N) is 1. The van der Waals surface area contributed by atoms with E-state index in [-0.39, 0.29) is 29.6 Å². The van der Waals surface area contributed by atoms with Gasteiger partial charge in [0.25, 0.3) is 0 Å². The van der Waals surface area contributed by atoms with Crippen LogP contribution in [0.25, 0.3) is 16.6 Å². The molecule has 0 unspecified atom stereocenters. The van der Waals surface area contributed by atoms with Crippen molar-refractivity contribution in [1.82, 2.24) is 19.7 Å². The minimum Gasteiger partial charge on any atom is -0.324 e. The molecule has 7 nitrogen and oxygen atoms in total. The van der Waals surface area contributed by atoms with Crippen LogP contribution in [0.5, 0.6) is 0 Å².